The van der Waals surface area contributed by atoms with Crippen LogP contribution in [0.5, 0.6) is 0 Å². The second-order valence-corrected chi connectivity index (χ2v) is 7.96. The number of carbonyl (C=O) groups excluding carboxylic acids is 1. The standard InChI is InChI=1S/C19H25ClN2O/c1-22-13-5-4-6-14(22)10-12(9-13)21-19(23)17-11-16(17)15-7-2-3-8-18(15)20/h2-3,7-8,12-14,16-17H,4-6,9-11H2,1H3,(H,21,23)/t13-,14-,16-,17-/m0/s1. The molecule has 4 rings (SSSR count). The highest BCUT2D eigenvalue weighted by atomic mass is 35.5. The Hall–Kier alpha value is -1.06. The molecule has 4 heteroatoms. The lowest BCUT2D eigenvalue weighted by atomic mass is 9.82. The van der Waals surface area contributed by atoms with Crippen molar-refractivity contribution in [2.24, 2.45) is 5.92 Å². The fourth-order valence-electron chi connectivity index (χ4n) is 4.65. The minimum absolute atomic E-state index is 0.120. The molecule has 2 aliphatic heterocycles. The molecule has 2 saturated heterocycles. The minimum atomic E-state index is 0.120. The first-order chi connectivity index (χ1) is 11.1. The van der Waals surface area contributed by atoms with Crippen LogP contribution in [0.3, 0.4) is 0 Å². The van der Waals surface area contributed by atoms with E-state index in [1.54, 1.807) is 0 Å². The summed E-state index contributed by atoms with van der Waals surface area (Å²) in [6, 6.07) is 9.61. The Bertz CT molecular complexity index is 591. The van der Waals surface area contributed by atoms with Gasteiger partial charge >= 0.3 is 0 Å². The Morgan fingerprint density at radius 1 is 1.17 bits per heavy atom. The van der Waals surface area contributed by atoms with Crippen molar-refractivity contribution in [3.63, 3.8) is 0 Å². The first kappa shape index (κ1) is 15.5. The second-order valence-electron chi connectivity index (χ2n) is 7.55. The predicted octanol–water partition coefficient (Wildman–Crippen LogP) is 3.58. The number of benzene rings is 1. The quantitative estimate of drug-likeness (QED) is 0.917. The SMILES string of the molecule is CN1[C@H]2CCC[C@H]1CC(NC(=O)[C@H]1C[C@H]1c1ccccc1Cl)C2. The summed E-state index contributed by atoms with van der Waals surface area (Å²) in [6.45, 7) is 0. The summed E-state index contributed by atoms with van der Waals surface area (Å²) < 4.78 is 0. The molecule has 1 saturated carbocycles. The minimum Gasteiger partial charge on any atom is -0.353 e. The van der Waals surface area contributed by atoms with E-state index in [0.29, 0.717) is 24.0 Å². The van der Waals surface area contributed by atoms with E-state index in [1.807, 2.05) is 18.2 Å². The Labute approximate surface area is 143 Å². The van der Waals surface area contributed by atoms with Gasteiger partial charge in [-0.1, -0.05) is 36.2 Å². The van der Waals surface area contributed by atoms with Crippen LogP contribution in [0.4, 0.5) is 0 Å². The molecule has 1 aromatic rings. The maximum Gasteiger partial charge on any atom is 0.223 e. The number of nitrogens with one attached hydrogen (secondary N) is 1. The molecule has 2 bridgehead atoms. The number of nitrogens with zero attached hydrogens (tertiary/aromatic N) is 1. The molecule has 0 radical (unpaired) electrons. The molecule has 124 valence electrons. The summed E-state index contributed by atoms with van der Waals surface area (Å²) in [4.78, 5) is 15.1. The largest absolute Gasteiger partial charge is 0.353 e. The van der Waals surface area contributed by atoms with E-state index in [2.05, 4.69) is 23.3 Å². The summed E-state index contributed by atoms with van der Waals surface area (Å²) in [5.41, 5.74) is 1.13. The van der Waals surface area contributed by atoms with Crippen molar-refractivity contribution in [3.05, 3.63) is 34.9 Å². The number of hydrogen-bond acceptors (Lipinski definition) is 2. The van der Waals surface area contributed by atoms with Crippen molar-refractivity contribution >= 4 is 17.5 Å². The predicted molar refractivity (Wildman–Crippen MR) is 92.7 cm³/mol. The molecule has 0 aromatic heterocycles. The topological polar surface area (TPSA) is 32.3 Å². The van der Waals surface area contributed by atoms with Gasteiger partial charge in [0, 0.05) is 29.1 Å². The third-order valence-corrected chi connectivity index (χ3v) is 6.46. The van der Waals surface area contributed by atoms with Gasteiger partial charge in [-0.25, -0.2) is 0 Å². The van der Waals surface area contributed by atoms with Crippen LogP contribution in [0.2, 0.25) is 5.02 Å². The van der Waals surface area contributed by atoms with Crippen molar-refractivity contribution in [2.45, 2.75) is 62.6 Å². The molecule has 1 aliphatic carbocycles. The van der Waals surface area contributed by atoms with Crippen molar-refractivity contribution in [2.75, 3.05) is 7.05 Å². The lowest BCUT2D eigenvalue weighted by Gasteiger charge is -2.47. The summed E-state index contributed by atoms with van der Waals surface area (Å²) in [5, 5.41) is 4.13. The van der Waals surface area contributed by atoms with E-state index in [0.717, 1.165) is 29.8 Å². The van der Waals surface area contributed by atoms with Gasteiger partial charge in [0.25, 0.3) is 0 Å². The first-order valence-corrected chi connectivity index (χ1v) is 9.28. The number of hydrogen-bond donors (Lipinski definition) is 1. The smallest absolute Gasteiger partial charge is 0.223 e. The van der Waals surface area contributed by atoms with E-state index in [1.165, 1.54) is 19.3 Å². The Balaban J connectivity index is 1.36. The molecule has 3 nitrogen and oxygen atoms in total. The number of rotatable bonds is 3. The number of amides is 1. The highest BCUT2D eigenvalue weighted by Gasteiger charge is 2.46. The van der Waals surface area contributed by atoms with E-state index >= 15 is 0 Å². The van der Waals surface area contributed by atoms with Gasteiger partial charge in [-0.05, 0) is 56.7 Å². The van der Waals surface area contributed by atoms with Gasteiger partial charge in [0.1, 0.15) is 0 Å². The van der Waals surface area contributed by atoms with E-state index in [4.69, 9.17) is 11.6 Å². The van der Waals surface area contributed by atoms with Gasteiger partial charge < -0.3 is 10.2 Å². The highest BCUT2D eigenvalue weighted by Crippen LogP contribution is 2.49. The molecule has 4 atom stereocenters. The average molecular weight is 333 g/mol. The van der Waals surface area contributed by atoms with Crippen LogP contribution >= 0.6 is 11.6 Å². The van der Waals surface area contributed by atoms with Crippen LogP contribution in [-0.2, 0) is 4.79 Å². The highest BCUT2D eigenvalue weighted by molar-refractivity contribution is 6.31. The average Bonchev–Trinajstić information content (AvgIpc) is 3.29. The third kappa shape index (κ3) is 3.01. The lowest BCUT2D eigenvalue weighted by Crippen LogP contribution is -2.55. The van der Waals surface area contributed by atoms with Gasteiger partial charge in [-0.3, -0.25) is 4.79 Å². The Morgan fingerprint density at radius 2 is 1.87 bits per heavy atom. The zero-order chi connectivity index (χ0) is 16.0. The first-order valence-electron chi connectivity index (χ1n) is 8.90. The summed E-state index contributed by atoms with van der Waals surface area (Å²) in [6.07, 6.45) is 7.08. The van der Waals surface area contributed by atoms with E-state index in [9.17, 15) is 4.79 Å². The van der Waals surface area contributed by atoms with Crippen LogP contribution in [0, 0.1) is 5.92 Å². The third-order valence-electron chi connectivity index (χ3n) is 6.12. The Kier molecular flexibility index (Phi) is 4.10. The maximum atomic E-state index is 12.6. The monoisotopic (exact) mass is 332 g/mol. The second kappa shape index (κ2) is 6.10. The van der Waals surface area contributed by atoms with Crippen LogP contribution in [-0.4, -0.2) is 36.0 Å². The molecule has 23 heavy (non-hydrogen) atoms. The summed E-state index contributed by atoms with van der Waals surface area (Å²) in [5.74, 6) is 0.673. The molecule has 1 amide bonds. The van der Waals surface area contributed by atoms with Gasteiger partial charge in [0.15, 0.2) is 0 Å². The zero-order valence-electron chi connectivity index (χ0n) is 13.7. The molecular weight excluding hydrogens is 308 g/mol. The lowest BCUT2D eigenvalue weighted by molar-refractivity contribution is -0.123. The van der Waals surface area contributed by atoms with Crippen molar-refractivity contribution in [1.29, 1.82) is 0 Å². The van der Waals surface area contributed by atoms with Gasteiger partial charge in [-0.15, -0.1) is 0 Å². The van der Waals surface area contributed by atoms with Crippen molar-refractivity contribution < 1.29 is 4.79 Å². The van der Waals surface area contributed by atoms with E-state index in [-0.39, 0.29) is 11.8 Å². The zero-order valence-corrected chi connectivity index (χ0v) is 14.4. The normalized spacial score (nSPS) is 36.5. The van der Waals surface area contributed by atoms with Gasteiger partial charge in [0.05, 0.1) is 0 Å². The van der Waals surface area contributed by atoms with Crippen LogP contribution < -0.4 is 5.32 Å². The summed E-state index contributed by atoms with van der Waals surface area (Å²) in [7, 11) is 2.25. The van der Waals surface area contributed by atoms with E-state index < -0.39 is 0 Å². The van der Waals surface area contributed by atoms with Gasteiger partial charge in [0.2, 0.25) is 5.91 Å². The number of piperidine rings is 2. The molecule has 3 aliphatic rings. The number of fused-ring (bicyclic) bond motifs is 2. The summed E-state index contributed by atoms with van der Waals surface area (Å²) >= 11 is 6.26. The molecule has 2 heterocycles. The van der Waals surface area contributed by atoms with Crippen LogP contribution in [0.15, 0.2) is 24.3 Å². The van der Waals surface area contributed by atoms with Gasteiger partial charge in [-0.2, -0.15) is 0 Å². The molecule has 1 N–H and O–H groups in total. The molecule has 0 unspecified atom stereocenters. The van der Waals surface area contributed by atoms with Crippen molar-refractivity contribution in [1.82, 2.24) is 10.2 Å². The molecule has 0 spiro atoms. The molecule has 3 fully saturated rings. The van der Waals surface area contributed by atoms with Crippen LogP contribution in [0.25, 0.3) is 0 Å². The Morgan fingerprint density at radius 3 is 2.57 bits per heavy atom. The fraction of sp³-hybridized carbons (Fsp3) is 0.632. The van der Waals surface area contributed by atoms with Crippen LogP contribution in [0.1, 0.15) is 50.0 Å². The number of halogens is 1. The van der Waals surface area contributed by atoms with Crippen molar-refractivity contribution in [3.8, 4) is 0 Å². The maximum absolute atomic E-state index is 12.6. The molecule has 1 aromatic carbocycles. The fourth-order valence-corrected chi connectivity index (χ4v) is 4.92. The molecular formula is C19H25ClN2O. The number of carbonyl (C=O) groups is 1.